The largest absolute Gasteiger partial charge is 0.483 e. The van der Waals surface area contributed by atoms with Crippen molar-refractivity contribution < 1.29 is 23.8 Å². The van der Waals surface area contributed by atoms with E-state index in [-0.39, 0.29) is 31.0 Å². The summed E-state index contributed by atoms with van der Waals surface area (Å²) in [5.74, 6) is 0.264. The van der Waals surface area contributed by atoms with Crippen molar-refractivity contribution in [1.29, 1.82) is 0 Å². The summed E-state index contributed by atoms with van der Waals surface area (Å²) < 4.78 is 16.3. The number of carbonyl (C=O) groups is 2. The lowest BCUT2D eigenvalue weighted by atomic mass is 10.1. The lowest BCUT2D eigenvalue weighted by molar-refractivity contribution is -0.144. The van der Waals surface area contributed by atoms with Crippen molar-refractivity contribution in [2.24, 2.45) is 0 Å². The van der Waals surface area contributed by atoms with Crippen molar-refractivity contribution in [1.82, 2.24) is 4.90 Å². The third-order valence-corrected chi connectivity index (χ3v) is 4.60. The van der Waals surface area contributed by atoms with Gasteiger partial charge in [0.2, 0.25) is 0 Å². The lowest BCUT2D eigenvalue weighted by Gasteiger charge is -2.25. The number of amides is 1. The van der Waals surface area contributed by atoms with Crippen molar-refractivity contribution in [2.75, 3.05) is 32.9 Å². The molecule has 1 saturated heterocycles. The molecule has 144 valence electrons. The second-order valence-electron chi connectivity index (χ2n) is 6.52. The molecule has 6 nitrogen and oxygen atoms in total. The van der Waals surface area contributed by atoms with Gasteiger partial charge in [-0.1, -0.05) is 12.1 Å². The van der Waals surface area contributed by atoms with Gasteiger partial charge in [-0.05, 0) is 50.8 Å². The molecule has 0 saturated carbocycles. The Kier molecular flexibility index (Phi) is 7.91. The number of hydrogen-bond donors (Lipinski definition) is 0. The second-order valence-corrected chi connectivity index (χ2v) is 6.52. The Morgan fingerprint density at radius 2 is 2.12 bits per heavy atom. The van der Waals surface area contributed by atoms with Gasteiger partial charge in [0.1, 0.15) is 5.75 Å². The summed E-state index contributed by atoms with van der Waals surface area (Å²) in [6.45, 7) is 7.55. The van der Waals surface area contributed by atoms with E-state index < -0.39 is 0 Å². The fourth-order valence-electron chi connectivity index (χ4n) is 2.92. The van der Waals surface area contributed by atoms with Gasteiger partial charge >= 0.3 is 5.97 Å². The summed E-state index contributed by atoms with van der Waals surface area (Å²) in [5.41, 5.74) is 2.14. The van der Waals surface area contributed by atoms with Crippen LogP contribution in [0.1, 0.15) is 37.3 Å². The van der Waals surface area contributed by atoms with Gasteiger partial charge in [-0.3, -0.25) is 9.59 Å². The lowest BCUT2D eigenvalue weighted by Crippen LogP contribution is -2.41. The highest BCUT2D eigenvalue weighted by Crippen LogP contribution is 2.21. The number of benzene rings is 1. The van der Waals surface area contributed by atoms with E-state index in [1.54, 1.807) is 11.8 Å². The average molecular weight is 363 g/mol. The van der Waals surface area contributed by atoms with Crippen molar-refractivity contribution in [2.45, 2.75) is 46.1 Å². The standard InChI is InChI=1S/C20H29NO5/c1-4-24-20(23)10-11-21(13-17-8-6-12-25-17)19(22)14-26-18-9-5-7-15(2)16(18)3/h5,7,9,17H,4,6,8,10-14H2,1-3H3. The minimum absolute atomic E-state index is 0.0295. The van der Waals surface area contributed by atoms with Crippen LogP contribution in [0.5, 0.6) is 5.75 Å². The van der Waals surface area contributed by atoms with Crippen molar-refractivity contribution in [3.05, 3.63) is 29.3 Å². The van der Waals surface area contributed by atoms with E-state index in [0.29, 0.717) is 25.4 Å². The van der Waals surface area contributed by atoms with Gasteiger partial charge in [-0.15, -0.1) is 0 Å². The molecule has 1 aliphatic heterocycles. The highest BCUT2D eigenvalue weighted by Gasteiger charge is 2.23. The van der Waals surface area contributed by atoms with Crippen molar-refractivity contribution in [3.63, 3.8) is 0 Å². The zero-order valence-corrected chi connectivity index (χ0v) is 16.0. The molecule has 0 radical (unpaired) electrons. The Labute approximate surface area is 155 Å². The van der Waals surface area contributed by atoms with Crippen LogP contribution in [-0.4, -0.2) is 55.8 Å². The summed E-state index contributed by atoms with van der Waals surface area (Å²) in [5, 5.41) is 0. The molecule has 1 aliphatic rings. The van der Waals surface area contributed by atoms with E-state index in [0.717, 1.165) is 30.6 Å². The number of hydrogen-bond acceptors (Lipinski definition) is 5. The first-order chi connectivity index (χ1) is 12.5. The van der Waals surface area contributed by atoms with E-state index >= 15 is 0 Å². The molecule has 0 aliphatic carbocycles. The zero-order chi connectivity index (χ0) is 18.9. The van der Waals surface area contributed by atoms with Crippen LogP contribution in [-0.2, 0) is 19.1 Å². The molecule has 1 fully saturated rings. The summed E-state index contributed by atoms with van der Waals surface area (Å²) >= 11 is 0. The molecule has 0 spiro atoms. The van der Waals surface area contributed by atoms with Gasteiger partial charge in [0.05, 0.1) is 19.1 Å². The maximum atomic E-state index is 12.7. The van der Waals surface area contributed by atoms with Crippen LogP contribution < -0.4 is 4.74 Å². The molecular weight excluding hydrogens is 334 g/mol. The smallest absolute Gasteiger partial charge is 0.307 e. The highest BCUT2D eigenvalue weighted by atomic mass is 16.5. The molecule has 26 heavy (non-hydrogen) atoms. The summed E-state index contributed by atoms with van der Waals surface area (Å²) in [4.78, 5) is 26.0. The van der Waals surface area contributed by atoms with Gasteiger partial charge in [0, 0.05) is 19.7 Å². The van der Waals surface area contributed by atoms with Crippen molar-refractivity contribution in [3.8, 4) is 5.75 Å². The van der Waals surface area contributed by atoms with Crippen LogP contribution in [0.15, 0.2) is 18.2 Å². The monoisotopic (exact) mass is 363 g/mol. The Morgan fingerprint density at radius 1 is 1.31 bits per heavy atom. The predicted octanol–water partition coefficient (Wildman–Crippen LogP) is 2.64. The van der Waals surface area contributed by atoms with Gasteiger partial charge < -0.3 is 19.1 Å². The molecule has 6 heteroatoms. The number of nitrogens with zero attached hydrogens (tertiary/aromatic N) is 1. The van der Waals surface area contributed by atoms with Crippen molar-refractivity contribution >= 4 is 11.9 Å². The van der Waals surface area contributed by atoms with E-state index in [4.69, 9.17) is 14.2 Å². The number of carbonyl (C=O) groups excluding carboxylic acids is 2. The third kappa shape index (κ3) is 6.02. The van der Waals surface area contributed by atoms with Crippen LogP contribution in [0, 0.1) is 13.8 Å². The number of aryl methyl sites for hydroxylation is 1. The first-order valence-corrected chi connectivity index (χ1v) is 9.25. The Morgan fingerprint density at radius 3 is 2.81 bits per heavy atom. The molecule has 0 bridgehead atoms. The predicted molar refractivity (Wildman–Crippen MR) is 98.2 cm³/mol. The van der Waals surface area contributed by atoms with Crippen LogP contribution in [0.25, 0.3) is 0 Å². The molecule has 2 rings (SSSR count). The van der Waals surface area contributed by atoms with Crippen LogP contribution in [0.2, 0.25) is 0 Å². The summed E-state index contributed by atoms with van der Waals surface area (Å²) in [7, 11) is 0. The first-order valence-electron chi connectivity index (χ1n) is 9.25. The fraction of sp³-hybridized carbons (Fsp3) is 0.600. The summed E-state index contributed by atoms with van der Waals surface area (Å²) in [6.07, 6.45) is 2.14. The Bertz CT molecular complexity index is 610. The molecule has 0 N–H and O–H groups in total. The molecule has 1 aromatic carbocycles. The zero-order valence-electron chi connectivity index (χ0n) is 16.0. The molecule has 1 unspecified atom stereocenters. The van der Waals surface area contributed by atoms with Gasteiger partial charge in [0.25, 0.3) is 5.91 Å². The first kappa shape index (κ1) is 20.2. The number of esters is 1. The summed E-state index contributed by atoms with van der Waals surface area (Å²) in [6, 6.07) is 5.78. The molecule has 1 amide bonds. The highest BCUT2D eigenvalue weighted by molar-refractivity contribution is 5.78. The molecule has 1 heterocycles. The molecule has 0 aromatic heterocycles. The third-order valence-electron chi connectivity index (χ3n) is 4.60. The molecule has 1 aromatic rings. The van der Waals surface area contributed by atoms with Gasteiger partial charge in [0.15, 0.2) is 6.61 Å². The quantitative estimate of drug-likeness (QED) is 0.631. The molecular formula is C20H29NO5. The Hall–Kier alpha value is -2.08. The minimum atomic E-state index is -0.298. The van der Waals surface area contributed by atoms with Crippen LogP contribution in [0.4, 0.5) is 0 Å². The van der Waals surface area contributed by atoms with E-state index in [2.05, 4.69) is 0 Å². The SMILES string of the molecule is CCOC(=O)CCN(CC1CCCO1)C(=O)COc1cccc(C)c1C. The van der Waals surface area contributed by atoms with Gasteiger partial charge in [-0.25, -0.2) is 0 Å². The number of rotatable bonds is 9. The normalized spacial score (nSPS) is 16.3. The fourth-order valence-corrected chi connectivity index (χ4v) is 2.92. The van der Waals surface area contributed by atoms with E-state index in [1.165, 1.54) is 0 Å². The van der Waals surface area contributed by atoms with E-state index in [9.17, 15) is 9.59 Å². The average Bonchev–Trinajstić information content (AvgIpc) is 3.13. The van der Waals surface area contributed by atoms with Crippen LogP contribution in [0.3, 0.4) is 0 Å². The minimum Gasteiger partial charge on any atom is -0.483 e. The van der Waals surface area contributed by atoms with E-state index in [1.807, 2.05) is 32.0 Å². The maximum Gasteiger partial charge on any atom is 0.307 e. The number of ether oxygens (including phenoxy) is 3. The van der Waals surface area contributed by atoms with Gasteiger partial charge in [-0.2, -0.15) is 0 Å². The second kappa shape index (κ2) is 10.2. The maximum absolute atomic E-state index is 12.7. The molecule has 1 atom stereocenters. The topological polar surface area (TPSA) is 65.1 Å². The Balaban J connectivity index is 1.94. The van der Waals surface area contributed by atoms with Crippen LogP contribution >= 0.6 is 0 Å².